The third kappa shape index (κ3) is 6.54. The van der Waals surface area contributed by atoms with E-state index >= 15 is 0 Å². The van der Waals surface area contributed by atoms with Crippen LogP contribution in [0.3, 0.4) is 0 Å². The summed E-state index contributed by atoms with van der Waals surface area (Å²) < 4.78 is 100. The van der Waals surface area contributed by atoms with Gasteiger partial charge in [0.05, 0.1) is 6.26 Å². The van der Waals surface area contributed by atoms with Crippen LogP contribution < -0.4 is 16.6 Å². The van der Waals surface area contributed by atoms with E-state index in [1.807, 2.05) is 4.98 Å². The van der Waals surface area contributed by atoms with Gasteiger partial charge in [0.2, 0.25) is 0 Å². The Morgan fingerprint density at radius 1 is 1.20 bits per heavy atom. The lowest BCUT2D eigenvalue weighted by molar-refractivity contribution is -0.192. The summed E-state index contributed by atoms with van der Waals surface area (Å²) >= 11 is 0. The molecule has 2 aromatic rings. The van der Waals surface area contributed by atoms with E-state index in [1.165, 1.54) is 42.6 Å². The molecule has 1 amide bonds. The number of aromatic amines is 1. The molecule has 5 atom stereocenters. The Morgan fingerprint density at radius 3 is 2.29 bits per heavy atom. The average molecular weight is 630 g/mol. The summed E-state index contributed by atoms with van der Waals surface area (Å²) in [7, 11) is -9.27. The molecule has 2 heterocycles. The van der Waals surface area contributed by atoms with Crippen molar-refractivity contribution in [3.8, 4) is 0 Å². The summed E-state index contributed by atoms with van der Waals surface area (Å²) in [5.74, 6) is -2.66. The molecule has 1 aliphatic rings. The van der Waals surface area contributed by atoms with Gasteiger partial charge in [0.25, 0.3) is 15.7 Å². The minimum Gasteiger partial charge on any atom is -0.384 e. The maximum atomic E-state index is 13.5. The molecule has 0 radical (unpaired) electrons. The number of rotatable bonds is 9. The number of sulfone groups is 1. The fourth-order valence-electron chi connectivity index (χ4n) is 4.50. The minimum absolute atomic E-state index is 0.0972. The minimum atomic E-state index is -5.58. The molecule has 0 saturated carbocycles. The third-order valence-electron chi connectivity index (χ3n) is 6.44. The van der Waals surface area contributed by atoms with Crippen molar-refractivity contribution < 1.29 is 53.9 Å². The molecule has 14 nitrogen and oxygen atoms in total. The lowest BCUT2D eigenvalue weighted by Gasteiger charge is -2.44. The molecule has 1 aromatic carbocycles. The Labute approximate surface area is 230 Å². The van der Waals surface area contributed by atoms with E-state index in [0.29, 0.717) is 17.1 Å². The number of amides is 1. The monoisotopic (exact) mass is 629 g/mol. The number of hydrogen-bond acceptors (Lipinski definition) is 11. The van der Waals surface area contributed by atoms with Gasteiger partial charge in [0.15, 0.2) is 27.1 Å². The second-order valence-electron chi connectivity index (χ2n) is 9.56. The van der Waals surface area contributed by atoms with Crippen LogP contribution in [0.5, 0.6) is 0 Å². The number of nitrogens with zero attached hydrogens (tertiary/aromatic N) is 1. The van der Waals surface area contributed by atoms with Crippen molar-refractivity contribution in [2.24, 2.45) is 0 Å². The molecule has 3 rings (SSSR count). The van der Waals surface area contributed by atoms with Crippen LogP contribution in [-0.2, 0) is 40.1 Å². The van der Waals surface area contributed by atoms with Crippen molar-refractivity contribution >= 4 is 25.9 Å². The van der Waals surface area contributed by atoms with Crippen molar-refractivity contribution in [3.05, 3.63) is 68.5 Å². The number of benzene rings is 1. The highest BCUT2D eigenvalue weighted by Crippen LogP contribution is 2.49. The smallest absolute Gasteiger partial charge is 0.384 e. The summed E-state index contributed by atoms with van der Waals surface area (Å²) in [4.78, 5) is 38.8. The van der Waals surface area contributed by atoms with Gasteiger partial charge in [-0.05, 0) is 12.5 Å². The Bertz CT molecular complexity index is 1640. The first kappa shape index (κ1) is 32.4. The third-order valence-corrected chi connectivity index (χ3v) is 8.17. The van der Waals surface area contributed by atoms with Crippen molar-refractivity contribution in [1.29, 1.82) is 0 Å². The van der Waals surface area contributed by atoms with Gasteiger partial charge in [0.1, 0.15) is 18.2 Å². The Hall–Kier alpha value is -3.10. The molecule has 0 bridgehead atoms. The number of hydrogen-bond donors (Lipinski definition) is 4. The van der Waals surface area contributed by atoms with Crippen molar-refractivity contribution in [2.75, 3.05) is 19.1 Å². The maximum Gasteiger partial charge on any atom is 0.471 e. The molecule has 228 valence electrons. The first-order valence-corrected chi connectivity index (χ1v) is 15.2. The highest BCUT2D eigenvalue weighted by molar-refractivity contribution is 7.91. The van der Waals surface area contributed by atoms with E-state index in [2.05, 4.69) is 0 Å². The average Bonchev–Trinajstić information content (AvgIpc) is 3.07. The van der Waals surface area contributed by atoms with Crippen LogP contribution in [0.25, 0.3) is 0 Å². The molecular weight excluding hydrogens is 603 g/mol. The summed E-state index contributed by atoms with van der Waals surface area (Å²) in [5.41, 5.74) is -11.6. The number of aryl methyl sites for hydroxylation is 1. The molecule has 0 spiro atoms. The van der Waals surface area contributed by atoms with E-state index in [4.69, 9.17) is 8.92 Å². The first-order chi connectivity index (χ1) is 18.6. The zero-order valence-corrected chi connectivity index (χ0v) is 23.2. The summed E-state index contributed by atoms with van der Waals surface area (Å²) in [5, 5.41) is 24.8. The second kappa shape index (κ2) is 11.0. The zero-order valence-electron chi connectivity index (χ0n) is 21.6. The molecule has 1 aliphatic heterocycles. The molecule has 41 heavy (non-hydrogen) atoms. The Balaban J connectivity index is 2.44. The van der Waals surface area contributed by atoms with Crippen LogP contribution in [0.1, 0.15) is 17.4 Å². The lowest BCUT2D eigenvalue weighted by atomic mass is 9.75. The van der Waals surface area contributed by atoms with Gasteiger partial charge in [-0.15, -0.1) is 0 Å². The molecule has 4 N–H and O–H groups in total. The van der Waals surface area contributed by atoms with Gasteiger partial charge in [0, 0.05) is 24.4 Å². The topological polar surface area (TPSA) is 211 Å². The predicted molar refractivity (Wildman–Crippen MR) is 134 cm³/mol. The zero-order chi connectivity index (χ0) is 31.2. The van der Waals surface area contributed by atoms with Crippen LogP contribution in [0, 0.1) is 6.92 Å². The van der Waals surface area contributed by atoms with Gasteiger partial charge >= 0.3 is 17.8 Å². The van der Waals surface area contributed by atoms with Gasteiger partial charge in [-0.2, -0.15) is 21.6 Å². The summed E-state index contributed by atoms with van der Waals surface area (Å²) in [6.07, 6.45) is -6.94. The fraction of sp³-hybridized carbons (Fsp3) is 0.500. The van der Waals surface area contributed by atoms with E-state index in [0.717, 1.165) is 6.20 Å². The van der Waals surface area contributed by atoms with Crippen molar-refractivity contribution in [3.63, 3.8) is 0 Å². The van der Waals surface area contributed by atoms with Gasteiger partial charge < -0.3 is 20.3 Å². The van der Waals surface area contributed by atoms with E-state index in [-0.39, 0.29) is 11.1 Å². The first-order valence-electron chi connectivity index (χ1n) is 11.5. The van der Waals surface area contributed by atoms with E-state index < -0.39 is 85.2 Å². The number of carbonyl (C=O) groups is 1. The molecule has 1 fully saturated rings. The fourth-order valence-corrected chi connectivity index (χ4v) is 5.91. The molecular formula is C22H26F3N3O11S2. The molecule has 19 heteroatoms. The predicted octanol–water partition coefficient (Wildman–Crippen LogP) is -1.53. The molecule has 1 saturated heterocycles. The number of nitrogens with one attached hydrogen (secondary N) is 2. The number of H-pyrrole nitrogens is 1. The maximum absolute atomic E-state index is 13.5. The highest BCUT2D eigenvalue weighted by Gasteiger charge is 2.72. The SMILES string of the molecule is Cc1cn([C@@H]2O[C@](COS(C)(=O)=O)(C(O)S(C)(=O)=O)[C@](O)(Cc3ccccc3)[C@@H]2NC(=O)C(F)(F)F)c(=O)[nH]c1=O. The van der Waals surface area contributed by atoms with Crippen LogP contribution >= 0.6 is 0 Å². The molecule has 1 aromatic heterocycles. The number of alkyl halides is 3. The standard InChI is InChI=1S/C22H26F3N3O11S2/c1-12-10-28(19(32)27-15(12)29)16-14(26-17(30)22(23,24)25)20(33,9-13-7-5-4-6-8-13)21(39-16,11-38-41(3,36)37)18(31)40(2,34)35/h4-8,10,14,16,18,31,33H,9,11H2,1-3H3,(H,26,30)(H,27,29,32)/t14-,16-,18?,20+,21-/m1/s1. The quantitative estimate of drug-likeness (QED) is 0.234. The van der Waals surface area contributed by atoms with Crippen LogP contribution in [0.2, 0.25) is 0 Å². The van der Waals surface area contributed by atoms with Crippen LogP contribution in [-0.4, -0.2) is 90.5 Å². The molecule has 1 unspecified atom stereocenters. The normalized spacial score (nSPS) is 26.0. The molecule has 0 aliphatic carbocycles. The largest absolute Gasteiger partial charge is 0.471 e. The number of aromatic nitrogens is 2. The van der Waals surface area contributed by atoms with E-state index in [1.54, 1.807) is 0 Å². The Morgan fingerprint density at radius 2 is 1.78 bits per heavy atom. The van der Waals surface area contributed by atoms with Crippen molar-refractivity contribution in [2.45, 2.75) is 48.4 Å². The summed E-state index contributed by atoms with van der Waals surface area (Å²) in [6.45, 7) is -0.316. The highest BCUT2D eigenvalue weighted by atomic mass is 32.2. The van der Waals surface area contributed by atoms with E-state index in [9.17, 15) is 54.6 Å². The number of ether oxygens (including phenoxy) is 1. The van der Waals surface area contributed by atoms with Crippen molar-refractivity contribution in [1.82, 2.24) is 14.9 Å². The number of aliphatic hydroxyl groups excluding tert-OH is 1. The van der Waals surface area contributed by atoms with Gasteiger partial charge in [-0.3, -0.25) is 23.3 Å². The number of aliphatic hydroxyl groups is 2. The second-order valence-corrected chi connectivity index (χ2v) is 13.3. The number of halogens is 3. The summed E-state index contributed by atoms with van der Waals surface area (Å²) in [6, 6.07) is 4.68. The lowest BCUT2D eigenvalue weighted by Crippen LogP contribution is -2.70. The van der Waals surface area contributed by atoms with Crippen LogP contribution in [0.15, 0.2) is 46.1 Å². The Kier molecular flexibility index (Phi) is 8.66. The van der Waals surface area contributed by atoms with Gasteiger partial charge in [-0.1, -0.05) is 30.3 Å². The van der Waals surface area contributed by atoms with Gasteiger partial charge in [-0.25, -0.2) is 13.2 Å². The van der Waals surface area contributed by atoms with Crippen LogP contribution in [0.4, 0.5) is 13.2 Å². The number of carbonyl (C=O) groups excluding carboxylic acids is 1.